The summed E-state index contributed by atoms with van der Waals surface area (Å²) in [4.78, 5) is 17.5. The molecule has 1 N–H and O–H groups in total. The number of imidazole rings is 1. The Bertz CT molecular complexity index is 1420. The number of hydrogen-bond donors (Lipinski definition) is 1. The maximum atomic E-state index is 14.0. The van der Waals surface area contributed by atoms with Crippen molar-refractivity contribution in [1.82, 2.24) is 24.5 Å². The van der Waals surface area contributed by atoms with Crippen LogP contribution < -0.4 is 5.32 Å². The number of anilines is 1. The highest BCUT2D eigenvalue weighted by molar-refractivity contribution is 5.82. The van der Waals surface area contributed by atoms with Crippen molar-refractivity contribution < 1.29 is 13.2 Å². The van der Waals surface area contributed by atoms with Crippen LogP contribution in [0, 0.1) is 18.6 Å². The monoisotopic (exact) mass is 430 g/mol. The number of benzene rings is 2. The minimum Gasteiger partial charge on any atom is -0.445 e. The number of nitrogens with one attached hydrogen (secondary N) is 1. The molecule has 3 heterocycles. The molecule has 9 heteroatoms. The molecule has 5 aromatic rings. The molecule has 0 atom stereocenters. The van der Waals surface area contributed by atoms with Gasteiger partial charge in [0.1, 0.15) is 29.5 Å². The second-order valence-electron chi connectivity index (χ2n) is 7.00. The lowest BCUT2D eigenvalue weighted by Gasteiger charge is -2.11. The summed E-state index contributed by atoms with van der Waals surface area (Å²) in [5, 5.41) is 2.80. The van der Waals surface area contributed by atoms with E-state index in [1.165, 1.54) is 30.7 Å². The first-order valence-corrected chi connectivity index (χ1v) is 9.63. The van der Waals surface area contributed by atoms with Gasteiger partial charge in [0.2, 0.25) is 5.89 Å². The molecule has 158 valence electrons. The molecule has 3 aromatic heterocycles. The van der Waals surface area contributed by atoms with Crippen LogP contribution in [-0.2, 0) is 0 Å². The van der Waals surface area contributed by atoms with E-state index in [1.807, 2.05) is 29.7 Å². The molecule has 0 saturated carbocycles. The highest BCUT2D eigenvalue weighted by atomic mass is 19.1. The topological polar surface area (TPSA) is 81.7 Å². The Labute approximate surface area is 181 Å². The first-order valence-electron chi connectivity index (χ1n) is 9.63. The van der Waals surface area contributed by atoms with Crippen LogP contribution in [0.25, 0.3) is 34.0 Å². The molecule has 0 unspecified atom stereocenters. The predicted octanol–water partition coefficient (Wildman–Crippen LogP) is 5.14. The summed E-state index contributed by atoms with van der Waals surface area (Å²) >= 11 is 0. The van der Waals surface area contributed by atoms with Gasteiger partial charge in [-0.25, -0.2) is 28.7 Å². The Morgan fingerprint density at radius 2 is 1.88 bits per heavy atom. The lowest BCUT2D eigenvalue weighted by molar-refractivity contribution is 0.574. The van der Waals surface area contributed by atoms with Gasteiger partial charge in [0, 0.05) is 11.3 Å². The molecule has 0 aliphatic carbocycles. The molecular weight excluding hydrogens is 414 g/mol. The Morgan fingerprint density at radius 1 is 1.06 bits per heavy atom. The Kier molecular flexibility index (Phi) is 4.70. The van der Waals surface area contributed by atoms with Crippen molar-refractivity contribution in [3.05, 3.63) is 90.9 Å². The van der Waals surface area contributed by atoms with E-state index in [4.69, 9.17) is 4.42 Å². The SMILES string of the molecule is C=C(Nc1cnc(-n2c(C)nc3cc(-c4ncco4)ccc32)cn1)c1c(F)cccc1F. The number of nitrogens with zero attached hydrogens (tertiary/aromatic N) is 5. The van der Waals surface area contributed by atoms with Crippen LogP contribution >= 0.6 is 0 Å². The van der Waals surface area contributed by atoms with Crippen molar-refractivity contribution in [2.45, 2.75) is 6.92 Å². The summed E-state index contributed by atoms with van der Waals surface area (Å²) in [6, 6.07) is 9.32. The van der Waals surface area contributed by atoms with Crippen molar-refractivity contribution in [3.8, 4) is 17.3 Å². The summed E-state index contributed by atoms with van der Waals surface area (Å²) in [6.45, 7) is 5.57. The third-order valence-corrected chi connectivity index (χ3v) is 4.91. The van der Waals surface area contributed by atoms with Crippen LogP contribution in [0.15, 0.2) is 72.2 Å². The number of aryl methyl sites for hydroxylation is 1. The maximum absolute atomic E-state index is 14.0. The van der Waals surface area contributed by atoms with Gasteiger partial charge in [-0.15, -0.1) is 0 Å². The lowest BCUT2D eigenvalue weighted by atomic mass is 10.1. The molecule has 32 heavy (non-hydrogen) atoms. The van der Waals surface area contributed by atoms with Crippen molar-refractivity contribution in [2.75, 3.05) is 5.32 Å². The average Bonchev–Trinajstić information content (AvgIpc) is 3.41. The van der Waals surface area contributed by atoms with Gasteiger partial charge < -0.3 is 9.73 Å². The smallest absolute Gasteiger partial charge is 0.225 e. The van der Waals surface area contributed by atoms with Crippen LogP contribution in [0.4, 0.5) is 14.6 Å². The molecule has 0 aliphatic rings. The first kappa shape index (κ1) is 19.6. The number of hydrogen-bond acceptors (Lipinski definition) is 6. The average molecular weight is 430 g/mol. The standard InChI is InChI=1S/C23H16F2N6O/c1-13(22-16(24)4-3-5-17(22)25)29-20-11-28-21(12-27-20)31-14(2)30-18-10-15(6-7-19(18)31)23-26-8-9-32-23/h3-12H,1H2,2H3,(H,27,29). The quantitative estimate of drug-likeness (QED) is 0.416. The second kappa shape index (κ2) is 7.69. The summed E-state index contributed by atoms with van der Waals surface area (Å²) in [7, 11) is 0. The molecule has 7 nitrogen and oxygen atoms in total. The van der Waals surface area contributed by atoms with Crippen LogP contribution in [0.1, 0.15) is 11.4 Å². The van der Waals surface area contributed by atoms with Gasteiger partial charge in [-0.3, -0.25) is 4.57 Å². The van der Waals surface area contributed by atoms with Gasteiger partial charge in [0.25, 0.3) is 0 Å². The summed E-state index contributed by atoms with van der Waals surface area (Å²) < 4.78 is 35.1. The third-order valence-electron chi connectivity index (χ3n) is 4.91. The van der Waals surface area contributed by atoms with Gasteiger partial charge in [0.05, 0.1) is 35.2 Å². The highest BCUT2D eigenvalue weighted by Crippen LogP contribution is 2.26. The minimum absolute atomic E-state index is 0.0472. The zero-order chi connectivity index (χ0) is 22.2. The van der Waals surface area contributed by atoms with E-state index in [0.717, 1.165) is 22.4 Å². The molecule has 0 aliphatic heterocycles. The summed E-state index contributed by atoms with van der Waals surface area (Å²) in [6.07, 6.45) is 6.11. The molecule has 0 fully saturated rings. The van der Waals surface area contributed by atoms with Crippen LogP contribution in [0.2, 0.25) is 0 Å². The molecule has 0 saturated heterocycles. The van der Waals surface area contributed by atoms with E-state index in [1.54, 1.807) is 12.4 Å². The summed E-state index contributed by atoms with van der Waals surface area (Å²) in [5.41, 5.74) is 2.22. The van der Waals surface area contributed by atoms with Gasteiger partial charge in [-0.1, -0.05) is 12.6 Å². The van der Waals surface area contributed by atoms with Gasteiger partial charge in [-0.2, -0.15) is 0 Å². The minimum atomic E-state index is -0.711. The fraction of sp³-hybridized carbons (Fsp3) is 0.0435. The molecule has 0 amide bonds. The molecule has 0 spiro atoms. The van der Waals surface area contributed by atoms with E-state index in [-0.39, 0.29) is 11.3 Å². The number of halogens is 2. The Hall–Kier alpha value is -4.40. The normalized spacial score (nSPS) is 11.1. The number of aromatic nitrogens is 5. The number of fused-ring (bicyclic) bond motifs is 1. The molecule has 5 rings (SSSR count). The van der Waals surface area contributed by atoms with E-state index in [9.17, 15) is 8.78 Å². The maximum Gasteiger partial charge on any atom is 0.225 e. The first-order chi connectivity index (χ1) is 15.5. The van der Waals surface area contributed by atoms with Crippen molar-refractivity contribution >= 4 is 22.5 Å². The Balaban J connectivity index is 1.44. The van der Waals surface area contributed by atoms with Crippen LogP contribution in [-0.4, -0.2) is 24.5 Å². The van der Waals surface area contributed by atoms with Crippen molar-refractivity contribution in [3.63, 3.8) is 0 Å². The van der Waals surface area contributed by atoms with Crippen LogP contribution in [0.5, 0.6) is 0 Å². The summed E-state index contributed by atoms with van der Waals surface area (Å²) in [5.74, 6) is 0.656. The lowest BCUT2D eigenvalue weighted by Crippen LogP contribution is -2.06. The molecule has 2 aromatic carbocycles. The van der Waals surface area contributed by atoms with Crippen LogP contribution in [0.3, 0.4) is 0 Å². The number of oxazole rings is 1. The third kappa shape index (κ3) is 3.39. The number of rotatable bonds is 5. The van der Waals surface area contributed by atoms with Gasteiger partial charge >= 0.3 is 0 Å². The Morgan fingerprint density at radius 3 is 2.56 bits per heavy atom. The van der Waals surface area contributed by atoms with E-state index >= 15 is 0 Å². The van der Waals surface area contributed by atoms with E-state index < -0.39 is 11.6 Å². The highest BCUT2D eigenvalue weighted by Gasteiger charge is 2.15. The van der Waals surface area contributed by atoms with Crippen molar-refractivity contribution in [1.29, 1.82) is 0 Å². The molecule has 0 radical (unpaired) electrons. The van der Waals surface area contributed by atoms with Gasteiger partial charge in [-0.05, 0) is 37.3 Å². The largest absolute Gasteiger partial charge is 0.445 e. The zero-order valence-corrected chi connectivity index (χ0v) is 16.9. The fourth-order valence-electron chi connectivity index (χ4n) is 3.49. The molecule has 0 bridgehead atoms. The fourth-order valence-corrected chi connectivity index (χ4v) is 3.49. The zero-order valence-electron chi connectivity index (χ0n) is 16.9. The predicted molar refractivity (Wildman–Crippen MR) is 116 cm³/mol. The van der Waals surface area contributed by atoms with Gasteiger partial charge in [0.15, 0.2) is 5.82 Å². The van der Waals surface area contributed by atoms with E-state index in [2.05, 4.69) is 31.8 Å². The second-order valence-corrected chi connectivity index (χ2v) is 7.00. The molecular formula is C23H16F2N6O. The van der Waals surface area contributed by atoms with Crippen molar-refractivity contribution in [2.24, 2.45) is 0 Å². The van der Waals surface area contributed by atoms with E-state index in [0.29, 0.717) is 17.5 Å².